The number of benzene rings is 3. The molecule has 0 bridgehead atoms. The van der Waals surface area contributed by atoms with Gasteiger partial charge in [0.25, 0.3) is 0 Å². The minimum absolute atomic E-state index is 0.0847. The fourth-order valence-electron chi connectivity index (χ4n) is 2.96. The van der Waals surface area contributed by atoms with Gasteiger partial charge in [-0.3, -0.25) is 0 Å². The highest BCUT2D eigenvalue weighted by Crippen LogP contribution is 2.34. The van der Waals surface area contributed by atoms with Crippen LogP contribution in [0.5, 0.6) is 0 Å². The molecule has 0 saturated carbocycles. The van der Waals surface area contributed by atoms with Gasteiger partial charge in [-0.2, -0.15) is 0 Å². The average molecular weight is 263 g/mol. The second kappa shape index (κ2) is 4.23. The Bertz CT molecular complexity index is 771. The Balaban J connectivity index is 2.09. The van der Waals surface area contributed by atoms with Crippen molar-refractivity contribution in [2.24, 2.45) is 0 Å². The van der Waals surface area contributed by atoms with E-state index in [2.05, 4.69) is 35.6 Å². The van der Waals surface area contributed by atoms with Crippen LogP contribution in [0.3, 0.4) is 0 Å². The number of nitrogens with one attached hydrogen (secondary N) is 1. The zero-order valence-corrected chi connectivity index (χ0v) is 10.8. The molecule has 20 heavy (non-hydrogen) atoms. The number of hydrogen-bond donors (Lipinski definition) is 1. The molecule has 98 valence electrons. The first-order valence-electron chi connectivity index (χ1n) is 6.66. The molecular weight excluding hydrogens is 250 g/mol. The Morgan fingerprint density at radius 3 is 2.10 bits per heavy atom. The summed E-state index contributed by atoms with van der Waals surface area (Å²) in [7, 11) is 0. The number of carbonyl (C=O) groups is 1. The van der Waals surface area contributed by atoms with Crippen LogP contribution in [0.2, 0.25) is 0 Å². The Kier molecular flexibility index (Phi) is 2.39. The fraction of sp³-hybridized carbons (Fsp3) is 0.118. The van der Waals surface area contributed by atoms with Gasteiger partial charge in [-0.25, -0.2) is 4.79 Å². The van der Waals surface area contributed by atoms with Gasteiger partial charge in [0.1, 0.15) is 6.61 Å². The molecule has 0 aromatic heterocycles. The highest BCUT2D eigenvalue weighted by Gasteiger charge is 2.26. The molecule has 3 aromatic rings. The predicted molar refractivity (Wildman–Crippen MR) is 78.7 cm³/mol. The highest BCUT2D eigenvalue weighted by atomic mass is 16.6. The highest BCUT2D eigenvalue weighted by molar-refractivity contribution is 6.03. The third-order valence-electron chi connectivity index (χ3n) is 3.83. The van der Waals surface area contributed by atoms with Crippen LogP contribution < -0.4 is 5.32 Å². The summed E-state index contributed by atoms with van der Waals surface area (Å²) >= 11 is 0. The number of rotatable bonds is 1. The number of carbonyl (C=O) groups excluding carboxylic acids is 1. The van der Waals surface area contributed by atoms with Gasteiger partial charge in [-0.1, -0.05) is 48.5 Å². The van der Waals surface area contributed by atoms with Crippen molar-refractivity contribution >= 4 is 27.6 Å². The van der Waals surface area contributed by atoms with Crippen LogP contribution in [0.25, 0.3) is 21.5 Å². The largest absolute Gasteiger partial charge is 0.447 e. The molecule has 3 heteroatoms. The Labute approximate surface area is 116 Å². The smallest absolute Gasteiger partial charge is 0.407 e. The first-order chi connectivity index (χ1) is 9.83. The van der Waals surface area contributed by atoms with Crippen LogP contribution in [0.4, 0.5) is 4.79 Å². The molecule has 1 N–H and O–H groups in total. The molecule has 1 saturated heterocycles. The third-order valence-corrected chi connectivity index (χ3v) is 3.83. The maximum atomic E-state index is 11.4. The molecule has 4 rings (SSSR count). The summed E-state index contributed by atoms with van der Waals surface area (Å²) in [6, 6.07) is 18.6. The van der Waals surface area contributed by atoms with Gasteiger partial charge in [0.2, 0.25) is 0 Å². The van der Waals surface area contributed by atoms with E-state index in [4.69, 9.17) is 4.74 Å². The maximum Gasteiger partial charge on any atom is 0.407 e. The lowest BCUT2D eigenvalue weighted by molar-refractivity contribution is 0.177. The van der Waals surface area contributed by atoms with Crippen molar-refractivity contribution in [1.29, 1.82) is 0 Å². The van der Waals surface area contributed by atoms with Crippen molar-refractivity contribution in [3.8, 4) is 0 Å². The number of amides is 1. The van der Waals surface area contributed by atoms with Gasteiger partial charge >= 0.3 is 6.09 Å². The van der Waals surface area contributed by atoms with E-state index in [1.54, 1.807) is 0 Å². The van der Waals surface area contributed by atoms with Gasteiger partial charge in [-0.05, 0) is 33.2 Å². The van der Waals surface area contributed by atoms with Gasteiger partial charge in [0, 0.05) is 0 Å². The molecule has 0 unspecified atom stereocenters. The van der Waals surface area contributed by atoms with Crippen molar-refractivity contribution < 1.29 is 9.53 Å². The van der Waals surface area contributed by atoms with Crippen molar-refractivity contribution in [2.45, 2.75) is 6.04 Å². The number of alkyl carbamates (subject to hydrolysis) is 1. The van der Waals surface area contributed by atoms with Crippen molar-refractivity contribution in [3.05, 3.63) is 60.2 Å². The molecule has 1 aliphatic rings. The van der Waals surface area contributed by atoms with E-state index in [0.717, 1.165) is 5.56 Å². The SMILES string of the molecule is O=C1N[C@@H](c2c3ccccc3cc3ccccc23)CO1. The van der Waals surface area contributed by atoms with Crippen LogP contribution in [0.15, 0.2) is 54.6 Å². The van der Waals surface area contributed by atoms with Gasteiger partial charge < -0.3 is 10.1 Å². The lowest BCUT2D eigenvalue weighted by Crippen LogP contribution is -2.18. The summed E-state index contributed by atoms with van der Waals surface area (Å²) in [5.74, 6) is 0. The van der Waals surface area contributed by atoms with Crippen LogP contribution in [-0.2, 0) is 4.74 Å². The first-order valence-corrected chi connectivity index (χ1v) is 6.66. The number of ether oxygens (including phenoxy) is 1. The molecule has 1 heterocycles. The van der Waals surface area contributed by atoms with Crippen LogP contribution in [0, 0.1) is 0 Å². The molecule has 3 aromatic carbocycles. The van der Waals surface area contributed by atoms with Crippen LogP contribution in [-0.4, -0.2) is 12.7 Å². The van der Waals surface area contributed by atoms with E-state index in [0.29, 0.717) is 6.61 Å². The van der Waals surface area contributed by atoms with Crippen molar-refractivity contribution in [1.82, 2.24) is 5.32 Å². The van der Waals surface area contributed by atoms with Crippen LogP contribution >= 0.6 is 0 Å². The summed E-state index contributed by atoms with van der Waals surface area (Å²) in [5.41, 5.74) is 1.14. The number of fused-ring (bicyclic) bond motifs is 2. The van der Waals surface area contributed by atoms with E-state index in [1.807, 2.05) is 24.3 Å². The summed E-state index contributed by atoms with van der Waals surface area (Å²) < 4.78 is 5.07. The second-order valence-corrected chi connectivity index (χ2v) is 5.03. The molecule has 0 spiro atoms. The normalized spacial score (nSPS) is 18.2. The zero-order valence-electron chi connectivity index (χ0n) is 10.8. The monoisotopic (exact) mass is 263 g/mol. The van der Waals surface area contributed by atoms with Gasteiger partial charge in [0.15, 0.2) is 0 Å². The molecule has 1 aliphatic heterocycles. The second-order valence-electron chi connectivity index (χ2n) is 5.03. The minimum Gasteiger partial charge on any atom is -0.447 e. The Hall–Kier alpha value is -2.55. The molecule has 1 atom stereocenters. The van der Waals surface area contributed by atoms with Crippen LogP contribution in [0.1, 0.15) is 11.6 Å². The Morgan fingerprint density at radius 1 is 0.950 bits per heavy atom. The standard InChI is InChI=1S/C17H13NO2/c19-17-18-15(10-20-17)16-13-7-3-1-5-11(13)9-12-6-2-4-8-14(12)16/h1-9,15H,10H2,(H,18,19)/t15-/m1/s1. The van der Waals surface area contributed by atoms with E-state index >= 15 is 0 Å². The van der Waals surface area contributed by atoms with E-state index in [1.165, 1.54) is 21.5 Å². The fourth-order valence-corrected chi connectivity index (χ4v) is 2.96. The molecule has 0 radical (unpaired) electrons. The average Bonchev–Trinajstić information content (AvgIpc) is 2.91. The lowest BCUT2D eigenvalue weighted by atomic mass is 9.93. The zero-order chi connectivity index (χ0) is 13.5. The lowest BCUT2D eigenvalue weighted by Gasteiger charge is -2.15. The number of cyclic esters (lactones) is 1. The third kappa shape index (κ3) is 1.63. The molecular formula is C17H13NO2. The van der Waals surface area contributed by atoms with E-state index in [9.17, 15) is 4.79 Å². The summed E-state index contributed by atoms with van der Waals surface area (Å²) in [6.45, 7) is 0.386. The predicted octanol–water partition coefficient (Wildman–Crippen LogP) is 3.77. The van der Waals surface area contributed by atoms with Gasteiger partial charge in [0.05, 0.1) is 6.04 Å². The van der Waals surface area contributed by atoms with E-state index in [-0.39, 0.29) is 12.1 Å². The topological polar surface area (TPSA) is 38.3 Å². The van der Waals surface area contributed by atoms with Crippen molar-refractivity contribution in [2.75, 3.05) is 6.61 Å². The Morgan fingerprint density at radius 2 is 1.55 bits per heavy atom. The van der Waals surface area contributed by atoms with Crippen molar-refractivity contribution in [3.63, 3.8) is 0 Å². The maximum absolute atomic E-state index is 11.4. The minimum atomic E-state index is -0.341. The summed E-state index contributed by atoms with van der Waals surface area (Å²) in [5, 5.41) is 7.60. The molecule has 1 fully saturated rings. The summed E-state index contributed by atoms with van der Waals surface area (Å²) in [4.78, 5) is 11.4. The molecule has 3 nitrogen and oxygen atoms in total. The quantitative estimate of drug-likeness (QED) is 0.679. The number of hydrogen-bond acceptors (Lipinski definition) is 2. The van der Waals surface area contributed by atoms with E-state index < -0.39 is 0 Å². The van der Waals surface area contributed by atoms with Gasteiger partial charge in [-0.15, -0.1) is 0 Å². The summed E-state index contributed by atoms with van der Waals surface area (Å²) in [6.07, 6.45) is -0.341. The first kappa shape index (κ1) is 11.3. The molecule has 1 amide bonds. The molecule has 0 aliphatic carbocycles.